The van der Waals surface area contributed by atoms with Gasteiger partial charge in [0.1, 0.15) is 5.82 Å². The Hall–Kier alpha value is -1.66. The Morgan fingerprint density at radius 3 is 2.53 bits per heavy atom. The Balaban J connectivity index is 0.00000160. The average molecular weight is 454 g/mol. The van der Waals surface area contributed by atoms with Gasteiger partial charge in [-0.05, 0) is 42.6 Å². The van der Waals surface area contributed by atoms with Crippen LogP contribution < -0.4 is 5.73 Å². The highest BCUT2D eigenvalue weighted by atomic mass is 35.5. The highest BCUT2D eigenvalue weighted by Gasteiger charge is 2.37. The van der Waals surface area contributed by atoms with Gasteiger partial charge in [-0.3, -0.25) is 9.69 Å². The summed E-state index contributed by atoms with van der Waals surface area (Å²) < 4.78 is 13.5. The molecular formula is C23H30Cl2FN3O. The Kier molecular flexibility index (Phi) is 9.10. The van der Waals surface area contributed by atoms with Crippen molar-refractivity contribution in [3.05, 3.63) is 71.5 Å². The van der Waals surface area contributed by atoms with Crippen molar-refractivity contribution in [2.45, 2.75) is 31.3 Å². The zero-order valence-corrected chi connectivity index (χ0v) is 18.6. The van der Waals surface area contributed by atoms with Gasteiger partial charge in [0.05, 0.1) is 5.92 Å². The van der Waals surface area contributed by atoms with Crippen molar-refractivity contribution >= 4 is 30.7 Å². The zero-order chi connectivity index (χ0) is 19.5. The standard InChI is InChI=1S/C23H28FN3O.2ClH/c24-20-10-4-6-17(12-20)13-26-11-5-9-19(14-26)23(28)27-15-21(22(25)16-27)18-7-2-1-3-8-18;;/h1-4,6-8,10,12,19,21-22H,5,9,11,13-16,25H2;2*1H/t19?,21-,22+;;/m0../s1. The van der Waals surface area contributed by atoms with Crippen LogP contribution in [-0.2, 0) is 11.3 Å². The normalized spacial score (nSPS) is 24.1. The van der Waals surface area contributed by atoms with Gasteiger partial charge in [-0.2, -0.15) is 0 Å². The molecule has 7 heteroatoms. The lowest BCUT2D eigenvalue weighted by Gasteiger charge is -2.34. The van der Waals surface area contributed by atoms with Crippen molar-refractivity contribution < 1.29 is 9.18 Å². The van der Waals surface area contributed by atoms with Crippen LogP contribution in [-0.4, -0.2) is 47.9 Å². The Morgan fingerprint density at radius 1 is 1.03 bits per heavy atom. The SMILES string of the molecule is Cl.Cl.N[C@@H]1CN(C(=O)C2CCCN(Cc3cccc(F)c3)C2)C[C@H]1c1ccccc1. The number of benzene rings is 2. The van der Waals surface area contributed by atoms with Gasteiger partial charge in [-0.1, -0.05) is 42.5 Å². The third-order valence-electron chi connectivity index (χ3n) is 6.05. The third-order valence-corrected chi connectivity index (χ3v) is 6.05. The number of carbonyl (C=O) groups is 1. The van der Waals surface area contributed by atoms with Crippen LogP contribution in [0.2, 0.25) is 0 Å². The number of hydrogen-bond acceptors (Lipinski definition) is 3. The van der Waals surface area contributed by atoms with E-state index in [0.717, 1.165) is 31.5 Å². The molecule has 2 saturated heterocycles. The fourth-order valence-corrected chi connectivity index (χ4v) is 4.61. The van der Waals surface area contributed by atoms with E-state index in [-0.39, 0.29) is 54.4 Å². The minimum absolute atomic E-state index is 0. The summed E-state index contributed by atoms with van der Waals surface area (Å²) in [6.07, 6.45) is 1.91. The first-order valence-corrected chi connectivity index (χ1v) is 10.2. The van der Waals surface area contributed by atoms with E-state index < -0.39 is 0 Å². The van der Waals surface area contributed by atoms with Gasteiger partial charge < -0.3 is 10.6 Å². The van der Waals surface area contributed by atoms with Crippen LogP contribution in [0.4, 0.5) is 4.39 Å². The smallest absolute Gasteiger partial charge is 0.227 e. The quantitative estimate of drug-likeness (QED) is 0.764. The number of nitrogens with zero attached hydrogens (tertiary/aromatic N) is 2. The highest BCUT2D eigenvalue weighted by molar-refractivity contribution is 5.85. The Labute approximate surface area is 190 Å². The molecule has 2 aliphatic rings. The molecule has 1 unspecified atom stereocenters. The number of amides is 1. The molecular weight excluding hydrogens is 424 g/mol. The van der Waals surface area contributed by atoms with Crippen LogP contribution in [0.5, 0.6) is 0 Å². The summed E-state index contributed by atoms with van der Waals surface area (Å²) in [6.45, 7) is 3.69. The van der Waals surface area contributed by atoms with Gasteiger partial charge in [-0.15, -0.1) is 24.8 Å². The summed E-state index contributed by atoms with van der Waals surface area (Å²) in [7, 11) is 0. The van der Waals surface area contributed by atoms with Gasteiger partial charge in [0.2, 0.25) is 5.91 Å². The van der Waals surface area contributed by atoms with E-state index in [2.05, 4.69) is 17.0 Å². The van der Waals surface area contributed by atoms with E-state index in [1.54, 1.807) is 12.1 Å². The molecule has 30 heavy (non-hydrogen) atoms. The molecule has 2 N–H and O–H groups in total. The summed E-state index contributed by atoms with van der Waals surface area (Å²) in [5.41, 5.74) is 8.54. The van der Waals surface area contributed by atoms with Crippen molar-refractivity contribution in [3.8, 4) is 0 Å². The zero-order valence-electron chi connectivity index (χ0n) is 17.0. The molecule has 0 radical (unpaired) electrons. The Morgan fingerprint density at radius 2 is 1.80 bits per heavy atom. The number of piperidine rings is 1. The molecule has 0 bridgehead atoms. The van der Waals surface area contributed by atoms with E-state index in [0.29, 0.717) is 19.6 Å². The van der Waals surface area contributed by atoms with E-state index in [1.807, 2.05) is 29.2 Å². The van der Waals surface area contributed by atoms with Gasteiger partial charge >= 0.3 is 0 Å². The lowest BCUT2D eigenvalue weighted by molar-refractivity contribution is -0.136. The lowest BCUT2D eigenvalue weighted by Crippen LogP contribution is -2.44. The average Bonchev–Trinajstić information content (AvgIpc) is 3.10. The predicted molar refractivity (Wildman–Crippen MR) is 123 cm³/mol. The summed E-state index contributed by atoms with van der Waals surface area (Å²) in [5.74, 6) is 0.221. The summed E-state index contributed by atoms with van der Waals surface area (Å²) in [6, 6.07) is 17.0. The summed E-state index contributed by atoms with van der Waals surface area (Å²) >= 11 is 0. The number of rotatable bonds is 4. The van der Waals surface area contributed by atoms with E-state index in [9.17, 15) is 9.18 Å². The number of nitrogens with two attached hydrogens (primary N) is 1. The van der Waals surface area contributed by atoms with Crippen LogP contribution >= 0.6 is 24.8 Å². The lowest BCUT2D eigenvalue weighted by atomic mass is 9.95. The first-order chi connectivity index (χ1) is 13.6. The summed E-state index contributed by atoms with van der Waals surface area (Å²) in [4.78, 5) is 17.4. The highest BCUT2D eigenvalue weighted by Crippen LogP contribution is 2.29. The van der Waals surface area contributed by atoms with Crippen LogP contribution in [0.15, 0.2) is 54.6 Å². The molecule has 2 aromatic rings. The maximum atomic E-state index is 13.5. The number of likely N-dealkylation sites (tertiary alicyclic amines) is 2. The maximum absolute atomic E-state index is 13.5. The third kappa shape index (κ3) is 5.73. The van der Waals surface area contributed by atoms with Crippen molar-refractivity contribution in [2.75, 3.05) is 26.2 Å². The molecule has 2 heterocycles. The van der Waals surface area contributed by atoms with Crippen molar-refractivity contribution in [1.82, 2.24) is 9.80 Å². The molecule has 2 fully saturated rings. The predicted octanol–water partition coefficient (Wildman–Crippen LogP) is 3.83. The monoisotopic (exact) mass is 453 g/mol. The fourth-order valence-electron chi connectivity index (χ4n) is 4.61. The second-order valence-corrected chi connectivity index (χ2v) is 8.13. The van der Waals surface area contributed by atoms with Crippen LogP contribution in [0.25, 0.3) is 0 Å². The molecule has 2 aromatic carbocycles. The van der Waals surface area contributed by atoms with Gasteiger partial charge in [0.15, 0.2) is 0 Å². The molecule has 1 amide bonds. The maximum Gasteiger partial charge on any atom is 0.227 e. The molecule has 0 aliphatic carbocycles. The van der Waals surface area contributed by atoms with E-state index in [4.69, 9.17) is 5.73 Å². The molecule has 2 aliphatic heterocycles. The van der Waals surface area contributed by atoms with E-state index in [1.165, 1.54) is 11.6 Å². The van der Waals surface area contributed by atoms with E-state index >= 15 is 0 Å². The Bertz CT molecular complexity index is 823. The fraction of sp³-hybridized carbons (Fsp3) is 0.435. The molecule has 0 saturated carbocycles. The van der Waals surface area contributed by atoms with Gasteiger partial charge in [-0.25, -0.2) is 4.39 Å². The number of carbonyl (C=O) groups excluding carboxylic acids is 1. The van der Waals surface area contributed by atoms with Crippen LogP contribution in [0, 0.1) is 11.7 Å². The number of hydrogen-bond donors (Lipinski definition) is 1. The van der Waals surface area contributed by atoms with Crippen LogP contribution in [0.1, 0.15) is 29.9 Å². The first-order valence-electron chi connectivity index (χ1n) is 10.2. The van der Waals surface area contributed by atoms with Crippen LogP contribution in [0.3, 0.4) is 0 Å². The van der Waals surface area contributed by atoms with Crippen molar-refractivity contribution in [1.29, 1.82) is 0 Å². The number of halogens is 3. The minimum atomic E-state index is -0.208. The molecule has 4 nitrogen and oxygen atoms in total. The topological polar surface area (TPSA) is 49.6 Å². The first kappa shape index (κ1) is 24.6. The summed E-state index contributed by atoms with van der Waals surface area (Å²) in [5, 5.41) is 0. The second-order valence-electron chi connectivity index (χ2n) is 8.13. The van der Waals surface area contributed by atoms with Crippen molar-refractivity contribution in [3.63, 3.8) is 0 Å². The molecule has 3 atom stereocenters. The van der Waals surface area contributed by atoms with Gasteiger partial charge in [0, 0.05) is 38.1 Å². The molecule has 0 aromatic heterocycles. The van der Waals surface area contributed by atoms with Crippen molar-refractivity contribution in [2.24, 2.45) is 11.7 Å². The minimum Gasteiger partial charge on any atom is -0.340 e. The molecule has 4 rings (SSSR count). The largest absolute Gasteiger partial charge is 0.340 e. The molecule has 0 spiro atoms. The molecule has 164 valence electrons. The second kappa shape index (κ2) is 11.1. The van der Waals surface area contributed by atoms with Gasteiger partial charge in [0.25, 0.3) is 0 Å².